The van der Waals surface area contributed by atoms with Crippen LogP contribution in [0.3, 0.4) is 0 Å². The number of hydrogen-bond acceptors (Lipinski definition) is 7. The molecule has 0 radical (unpaired) electrons. The Morgan fingerprint density at radius 3 is 2.37 bits per heavy atom. The number of nitrogens with one attached hydrogen (secondary N) is 1. The van der Waals surface area contributed by atoms with Gasteiger partial charge in [0.1, 0.15) is 17.1 Å². The maximum absolute atomic E-state index is 13.2. The van der Waals surface area contributed by atoms with E-state index < -0.39 is 21.8 Å². The fraction of sp³-hybridized carbons (Fsp3) is 0.154. The molecular weight excluding hydrogens is 468 g/mol. The second-order valence-electron chi connectivity index (χ2n) is 7.92. The Morgan fingerprint density at radius 2 is 1.71 bits per heavy atom. The van der Waals surface area contributed by atoms with E-state index in [-0.39, 0.29) is 22.7 Å². The fourth-order valence-electron chi connectivity index (χ4n) is 3.74. The number of sulfonamides is 1. The van der Waals surface area contributed by atoms with Crippen molar-refractivity contribution in [2.24, 2.45) is 0 Å². The summed E-state index contributed by atoms with van der Waals surface area (Å²) in [6.07, 6.45) is 1.52. The van der Waals surface area contributed by atoms with Crippen molar-refractivity contribution >= 4 is 33.5 Å². The van der Waals surface area contributed by atoms with Crippen LogP contribution in [-0.2, 0) is 30.9 Å². The Balaban J connectivity index is 1.62. The first kappa shape index (κ1) is 24.2. The van der Waals surface area contributed by atoms with Crippen LogP contribution in [0.25, 0.3) is 6.08 Å². The zero-order chi connectivity index (χ0) is 25.2. The number of methoxy groups -OCH3 is 1. The van der Waals surface area contributed by atoms with Gasteiger partial charge < -0.3 is 14.1 Å². The highest BCUT2D eigenvalue weighted by molar-refractivity contribution is 7.89. The molecule has 0 unspecified atom stereocenters. The highest BCUT2D eigenvalue weighted by Gasteiger charge is 2.38. The van der Waals surface area contributed by atoms with Crippen LogP contribution in [0.4, 0.5) is 5.69 Å². The van der Waals surface area contributed by atoms with Gasteiger partial charge in [-0.25, -0.2) is 17.9 Å². The van der Waals surface area contributed by atoms with Crippen LogP contribution in [-0.4, -0.2) is 27.3 Å². The van der Waals surface area contributed by atoms with E-state index in [0.29, 0.717) is 22.9 Å². The van der Waals surface area contributed by atoms with Crippen molar-refractivity contribution in [1.29, 1.82) is 0 Å². The molecule has 1 N–H and O–H groups in total. The highest BCUT2D eigenvalue weighted by atomic mass is 32.2. The summed E-state index contributed by atoms with van der Waals surface area (Å²) in [7, 11) is -2.48. The quantitative estimate of drug-likeness (QED) is 0.302. The standard InChI is InChI=1S/C26H24N2O6S/c1-17-9-11-19(12-10-17)28-18(2)24(26(30)33-3)25(29)23(28)15-20-13-14-21(34-20)16-27-35(31,32)22-7-5-4-6-8-22/h4-15,27H,16H2,1-3H3/b23-15+. The van der Waals surface area contributed by atoms with Gasteiger partial charge in [0.25, 0.3) is 0 Å². The number of carbonyl (C=O) groups is 2. The number of ether oxygens (including phenoxy) is 1. The maximum Gasteiger partial charge on any atom is 0.343 e. The Kier molecular flexibility index (Phi) is 6.72. The summed E-state index contributed by atoms with van der Waals surface area (Å²) in [6.45, 7) is 3.56. The van der Waals surface area contributed by atoms with E-state index >= 15 is 0 Å². The summed E-state index contributed by atoms with van der Waals surface area (Å²) in [5, 5.41) is 0. The number of allylic oxidation sites excluding steroid dienone is 2. The summed E-state index contributed by atoms with van der Waals surface area (Å²) in [4.78, 5) is 27.3. The molecule has 1 aromatic heterocycles. The van der Waals surface area contributed by atoms with Gasteiger partial charge in [-0.15, -0.1) is 0 Å². The lowest BCUT2D eigenvalue weighted by Gasteiger charge is -2.21. The predicted octanol–water partition coefficient (Wildman–Crippen LogP) is 3.94. The second-order valence-corrected chi connectivity index (χ2v) is 9.69. The minimum absolute atomic E-state index is 0.0540. The van der Waals surface area contributed by atoms with Crippen LogP contribution < -0.4 is 9.62 Å². The fourth-order valence-corrected chi connectivity index (χ4v) is 4.75. The molecule has 2 aromatic carbocycles. The first-order valence-corrected chi connectivity index (χ1v) is 12.3. The van der Waals surface area contributed by atoms with Gasteiger partial charge >= 0.3 is 5.97 Å². The van der Waals surface area contributed by atoms with E-state index in [9.17, 15) is 18.0 Å². The summed E-state index contributed by atoms with van der Waals surface area (Å²) >= 11 is 0. The number of nitrogens with zero attached hydrogens (tertiary/aromatic N) is 1. The molecule has 35 heavy (non-hydrogen) atoms. The van der Waals surface area contributed by atoms with Crippen molar-refractivity contribution in [3.05, 3.63) is 101 Å². The smallest absolute Gasteiger partial charge is 0.343 e. The number of esters is 1. The lowest BCUT2D eigenvalue weighted by atomic mass is 10.1. The summed E-state index contributed by atoms with van der Waals surface area (Å²) < 4.78 is 38.0. The molecule has 0 amide bonds. The third-order valence-electron chi connectivity index (χ3n) is 5.53. The van der Waals surface area contributed by atoms with Crippen molar-refractivity contribution in [2.45, 2.75) is 25.3 Å². The predicted molar refractivity (Wildman–Crippen MR) is 131 cm³/mol. The highest BCUT2D eigenvalue weighted by Crippen LogP contribution is 2.36. The largest absolute Gasteiger partial charge is 0.465 e. The Labute approximate surface area is 203 Å². The lowest BCUT2D eigenvalue weighted by molar-refractivity contribution is -0.137. The molecule has 0 atom stereocenters. The molecule has 0 saturated heterocycles. The van der Waals surface area contributed by atoms with E-state index in [0.717, 1.165) is 5.56 Å². The molecular formula is C26H24N2O6S. The molecule has 9 heteroatoms. The Morgan fingerprint density at radius 1 is 1.03 bits per heavy atom. The normalized spacial score (nSPS) is 15.2. The molecule has 0 aliphatic carbocycles. The molecule has 4 rings (SSSR count). The third-order valence-corrected chi connectivity index (χ3v) is 6.95. The molecule has 0 bridgehead atoms. The van der Waals surface area contributed by atoms with Gasteiger partial charge in [0.2, 0.25) is 15.8 Å². The molecule has 1 aliphatic heterocycles. The average molecular weight is 493 g/mol. The number of benzene rings is 2. The van der Waals surface area contributed by atoms with E-state index in [1.165, 1.54) is 25.3 Å². The number of Topliss-reactive ketones (excluding diaryl/α,β-unsaturated/α-hetero) is 1. The van der Waals surface area contributed by atoms with E-state index in [1.807, 2.05) is 31.2 Å². The number of rotatable bonds is 7. The van der Waals surface area contributed by atoms with Crippen molar-refractivity contribution in [1.82, 2.24) is 4.72 Å². The van der Waals surface area contributed by atoms with Gasteiger partial charge in [0.05, 0.1) is 24.2 Å². The van der Waals surface area contributed by atoms with Crippen LogP contribution in [0.15, 0.2) is 93.0 Å². The molecule has 3 aromatic rings. The summed E-state index contributed by atoms with van der Waals surface area (Å²) in [5.41, 5.74) is 2.36. The average Bonchev–Trinajstić information content (AvgIpc) is 3.40. The number of carbonyl (C=O) groups excluding carboxylic acids is 2. The van der Waals surface area contributed by atoms with Gasteiger partial charge in [-0.1, -0.05) is 35.9 Å². The monoisotopic (exact) mass is 492 g/mol. The molecule has 8 nitrogen and oxygen atoms in total. The zero-order valence-electron chi connectivity index (χ0n) is 19.4. The van der Waals surface area contributed by atoms with Crippen LogP contribution >= 0.6 is 0 Å². The first-order chi connectivity index (χ1) is 16.7. The number of ketones is 1. The molecule has 2 heterocycles. The SMILES string of the molecule is COC(=O)C1=C(C)N(c2ccc(C)cc2)/C(=C/c2ccc(CNS(=O)(=O)c3ccccc3)o2)C1=O. The van der Waals surface area contributed by atoms with E-state index in [1.54, 1.807) is 42.2 Å². The van der Waals surface area contributed by atoms with Crippen molar-refractivity contribution in [2.75, 3.05) is 12.0 Å². The minimum Gasteiger partial charge on any atom is -0.465 e. The minimum atomic E-state index is -3.70. The van der Waals surface area contributed by atoms with Gasteiger partial charge in [0.15, 0.2) is 0 Å². The Bertz CT molecular complexity index is 1430. The van der Waals surface area contributed by atoms with Crippen LogP contribution in [0.2, 0.25) is 0 Å². The topological polar surface area (TPSA) is 106 Å². The van der Waals surface area contributed by atoms with Crippen molar-refractivity contribution in [3.63, 3.8) is 0 Å². The summed E-state index contributed by atoms with van der Waals surface area (Å²) in [6, 6.07) is 18.8. The number of furan rings is 1. The van der Waals surface area contributed by atoms with Gasteiger partial charge in [-0.3, -0.25) is 4.79 Å². The van der Waals surface area contributed by atoms with E-state index in [4.69, 9.17) is 9.15 Å². The maximum atomic E-state index is 13.2. The van der Waals surface area contributed by atoms with Crippen LogP contribution in [0.1, 0.15) is 24.0 Å². The van der Waals surface area contributed by atoms with Gasteiger partial charge in [-0.2, -0.15) is 0 Å². The molecule has 0 fully saturated rings. The molecule has 0 saturated carbocycles. The molecule has 0 spiro atoms. The van der Waals surface area contributed by atoms with Gasteiger partial charge in [-0.05, 0) is 50.2 Å². The van der Waals surface area contributed by atoms with E-state index in [2.05, 4.69) is 4.72 Å². The summed E-state index contributed by atoms with van der Waals surface area (Å²) in [5.74, 6) is -0.513. The number of aryl methyl sites for hydroxylation is 1. The Hall–Kier alpha value is -3.95. The van der Waals surface area contributed by atoms with Crippen LogP contribution in [0.5, 0.6) is 0 Å². The number of hydrogen-bond donors (Lipinski definition) is 1. The zero-order valence-corrected chi connectivity index (χ0v) is 20.3. The lowest BCUT2D eigenvalue weighted by Crippen LogP contribution is -2.22. The first-order valence-electron chi connectivity index (χ1n) is 10.8. The van der Waals surface area contributed by atoms with Crippen molar-refractivity contribution < 1.29 is 27.2 Å². The number of anilines is 1. The van der Waals surface area contributed by atoms with Crippen molar-refractivity contribution in [3.8, 4) is 0 Å². The second kappa shape index (κ2) is 9.73. The molecule has 1 aliphatic rings. The van der Waals surface area contributed by atoms with Gasteiger partial charge in [0, 0.05) is 17.5 Å². The van der Waals surface area contributed by atoms with Crippen LogP contribution in [0, 0.1) is 6.92 Å². The molecule has 180 valence electrons. The third kappa shape index (κ3) is 4.96.